The Morgan fingerprint density at radius 3 is 2.71 bits per heavy atom. The predicted octanol–water partition coefficient (Wildman–Crippen LogP) is 3.58. The number of aryl methyl sites for hydroxylation is 1. The molecule has 0 aliphatic carbocycles. The fourth-order valence-corrected chi connectivity index (χ4v) is 2.63. The Labute approximate surface area is 145 Å². The van der Waals surface area contributed by atoms with Crippen LogP contribution in [0.5, 0.6) is 0 Å². The molecule has 1 heterocycles. The van der Waals surface area contributed by atoms with Crippen LogP contribution < -0.4 is 10.6 Å². The molecule has 0 saturated heterocycles. The van der Waals surface area contributed by atoms with Crippen LogP contribution in [0.25, 0.3) is 11.3 Å². The van der Waals surface area contributed by atoms with Crippen molar-refractivity contribution in [2.75, 3.05) is 11.9 Å². The summed E-state index contributed by atoms with van der Waals surface area (Å²) in [5.41, 5.74) is 2.35. The molecule has 2 rings (SSSR count). The van der Waals surface area contributed by atoms with Crippen LogP contribution >= 0.6 is 11.3 Å². The molecule has 6 nitrogen and oxygen atoms in total. The van der Waals surface area contributed by atoms with Crippen LogP contribution in [-0.4, -0.2) is 29.1 Å². The fraction of sp³-hybridized carbons (Fsp3) is 0.353. The Kier molecular flexibility index (Phi) is 5.56. The maximum Gasteiger partial charge on any atom is 0.408 e. The van der Waals surface area contributed by atoms with Gasteiger partial charge in [-0.2, -0.15) is 0 Å². The Balaban J connectivity index is 1.88. The quantitative estimate of drug-likeness (QED) is 0.886. The molecule has 2 aromatic rings. The van der Waals surface area contributed by atoms with Crippen LogP contribution in [0.3, 0.4) is 0 Å². The molecular formula is C17H21N3O3S. The first kappa shape index (κ1) is 17.9. The van der Waals surface area contributed by atoms with Gasteiger partial charge in [0.1, 0.15) is 12.1 Å². The average molecular weight is 347 g/mol. The second kappa shape index (κ2) is 7.44. The van der Waals surface area contributed by atoms with Crippen molar-refractivity contribution in [3.63, 3.8) is 0 Å². The van der Waals surface area contributed by atoms with Crippen LogP contribution in [0.4, 0.5) is 9.93 Å². The fourth-order valence-electron chi connectivity index (χ4n) is 1.90. The highest BCUT2D eigenvalue weighted by molar-refractivity contribution is 7.14. The van der Waals surface area contributed by atoms with E-state index in [4.69, 9.17) is 4.74 Å². The van der Waals surface area contributed by atoms with Crippen LogP contribution in [0.2, 0.25) is 0 Å². The van der Waals surface area contributed by atoms with Gasteiger partial charge in [-0.25, -0.2) is 9.78 Å². The number of carbonyl (C=O) groups is 2. The van der Waals surface area contributed by atoms with E-state index in [0.717, 1.165) is 16.8 Å². The van der Waals surface area contributed by atoms with Gasteiger partial charge in [0.25, 0.3) is 0 Å². The van der Waals surface area contributed by atoms with Gasteiger partial charge in [-0.15, -0.1) is 11.3 Å². The number of alkyl carbamates (subject to hydrolysis) is 1. The molecule has 0 saturated carbocycles. The number of rotatable bonds is 4. The summed E-state index contributed by atoms with van der Waals surface area (Å²) in [4.78, 5) is 27.8. The summed E-state index contributed by atoms with van der Waals surface area (Å²) in [6.07, 6.45) is -0.628. The van der Waals surface area contributed by atoms with Gasteiger partial charge in [-0.1, -0.05) is 23.8 Å². The van der Waals surface area contributed by atoms with Gasteiger partial charge in [0.05, 0.1) is 5.69 Å². The summed E-state index contributed by atoms with van der Waals surface area (Å²) in [5, 5.41) is 7.44. The number of nitrogens with one attached hydrogen (secondary N) is 2. The molecule has 7 heteroatoms. The number of anilines is 1. The zero-order valence-electron chi connectivity index (χ0n) is 14.2. The molecule has 0 atom stereocenters. The number of ether oxygens (including phenoxy) is 1. The van der Waals surface area contributed by atoms with Gasteiger partial charge < -0.3 is 15.4 Å². The average Bonchev–Trinajstić information content (AvgIpc) is 2.92. The van der Waals surface area contributed by atoms with Crippen molar-refractivity contribution in [3.05, 3.63) is 35.2 Å². The molecule has 0 radical (unpaired) electrons. The molecule has 2 N–H and O–H groups in total. The highest BCUT2D eigenvalue weighted by Crippen LogP contribution is 2.25. The van der Waals surface area contributed by atoms with E-state index in [9.17, 15) is 9.59 Å². The lowest BCUT2D eigenvalue weighted by atomic mass is 10.1. The molecule has 24 heavy (non-hydrogen) atoms. The van der Waals surface area contributed by atoms with Crippen molar-refractivity contribution in [1.82, 2.24) is 10.3 Å². The van der Waals surface area contributed by atoms with Crippen LogP contribution in [0.15, 0.2) is 29.6 Å². The first-order valence-electron chi connectivity index (χ1n) is 7.52. The van der Waals surface area contributed by atoms with Crippen LogP contribution in [0.1, 0.15) is 26.3 Å². The second-order valence-electron chi connectivity index (χ2n) is 6.31. The minimum Gasteiger partial charge on any atom is -0.444 e. The van der Waals surface area contributed by atoms with E-state index in [-0.39, 0.29) is 12.5 Å². The first-order valence-corrected chi connectivity index (χ1v) is 8.40. The van der Waals surface area contributed by atoms with Gasteiger partial charge >= 0.3 is 6.09 Å². The number of nitrogens with zero attached hydrogens (tertiary/aromatic N) is 1. The minimum atomic E-state index is -0.628. The van der Waals surface area contributed by atoms with Gasteiger partial charge in [0.15, 0.2) is 5.13 Å². The van der Waals surface area contributed by atoms with Gasteiger partial charge in [0, 0.05) is 10.9 Å². The van der Waals surface area contributed by atoms with Crippen molar-refractivity contribution in [1.29, 1.82) is 0 Å². The van der Waals surface area contributed by atoms with Crippen molar-refractivity contribution in [2.45, 2.75) is 33.3 Å². The minimum absolute atomic E-state index is 0.172. The molecule has 0 bridgehead atoms. The summed E-state index contributed by atoms with van der Waals surface area (Å²) in [5.74, 6) is -0.356. The molecule has 0 aliphatic heterocycles. The number of hydrogen-bond donors (Lipinski definition) is 2. The molecule has 1 aromatic heterocycles. The Morgan fingerprint density at radius 2 is 2.04 bits per heavy atom. The summed E-state index contributed by atoms with van der Waals surface area (Å²) in [6, 6.07) is 7.98. The van der Waals surface area contributed by atoms with E-state index in [0.29, 0.717) is 5.13 Å². The molecular weight excluding hydrogens is 326 g/mol. The molecule has 0 unspecified atom stereocenters. The third-order valence-electron chi connectivity index (χ3n) is 2.86. The highest BCUT2D eigenvalue weighted by atomic mass is 32.1. The lowest BCUT2D eigenvalue weighted by Gasteiger charge is -2.19. The highest BCUT2D eigenvalue weighted by Gasteiger charge is 2.17. The van der Waals surface area contributed by atoms with Gasteiger partial charge in [-0.3, -0.25) is 4.79 Å². The number of amides is 2. The smallest absolute Gasteiger partial charge is 0.408 e. The van der Waals surface area contributed by atoms with Crippen molar-refractivity contribution in [3.8, 4) is 11.3 Å². The zero-order chi connectivity index (χ0) is 17.7. The van der Waals surface area contributed by atoms with Crippen molar-refractivity contribution >= 4 is 28.5 Å². The Morgan fingerprint density at radius 1 is 1.29 bits per heavy atom. The largest absolute Gasteiger partial charge is 0.444 e. The maximum atomic E-state index is 11.9. The predicted molar refractivity (Wildman–Crippen MR) is 95.2 cm³/mol. The van der Waals surface area contributed by atoms with Crippen LogP contribution in [-0.2, 0) is 9.53 Å². The third kappa shape index (κ3) is 5.66. The number of aromatic nitrogens is 1. The molecule has 0 aliphatic rings. The van der Waals surface area contributed by atoms with E-state index in [1.165, 1.54) is 11.3 Å². The van der Waals surface area contributed by atoms with E-state index in [1.807, 2.05) is 36.6 Å². The second-order valence-corrected chi connectivity index (χ2v) is 7.17. The van der Waals surface area contributed by atoms with E-state index in [1.54, 1.807) is 20.8 Å². The number of carbonyl (C=O) groups excluding carboxylic acids is 2. The first-order chi connectivity index (χ1) is 11.2. The molecule has 1 aromatic carbocycles. The topological polar surface area (TPSA) is 80.3 Å². The summed E-state index contributed by atoms with van der Waals surface area (Å²) < 4.78 is 5.07. The number of thiazole rings is 1. The standard InChI is InChI=1S/C17H21N3O3S/c1-11-6-5-7-12(8-11)13-10-24-15(19-13)20-14(21)9-18-16(22)23-17(2,3)4/h5-8,10H,9H2,1-4H3,(H,18,22)(H,19,20,21). The maximum absolute atomic E-state index is 11.9. The number of benzene rings is 1. The van der Waals surface area contributed by atoms with E-state index >= 15 is 0 Å². The van der Waals surface area contributed by atoms with E-state index in [2.05, 4.69) is 15.6 Å². The SMILES string of the molecule is Cc1cccc(-c2csc(NC(=O)CNC(=O)OC(C)(C)C)n2)c1. The number of hydrogen-bond acceptors (Lipinski definition) is 5. The third-order valence-corrected chi connectivity index (χ3v) is 3.61. The van der Waals surface area contributed by atoms with Gasteiger partial charge in [0.2, 0.25) is 5.91 Å². The monoisotopic (exact) mass is 347 g/mol. The summed E-state index contributed by atoms with van der Waals surface area (Å²) in [6.45, 7) is 7.12. The summed E-state index contributed by atoms with van der Waals surface area (Å²) in [7, 11) is 0. The lowest BCUT2D eigenvalue weighted by molar-refractivity contribution is -0.115. The Hall–Kier alpha value is -2.41. The van der Waals surface area contributed by atoms with Crippen molar-refractivity contribution in [2.24, 2.45) is 0 Å². The Bertz CT molecular complexity index is 735. The zero-order valence-corrected chi connectivity index (χ0v) is 15.0. The lowest BCUT2D eigenvalue weighted by Crippen LogP contribution is -2.37. The van der Waals surface area contributed by atoms with Gasteiger partial charge in [-0.05, 0) is 33.8 Å². The molecule has 0 spiro atoms. The normalized spacial score (nSPS) is 11.0. The summed E-state index contributed by atoms with van der Waals surface area (Å²) >= 11 is 1.34. The molecule has 2 amide bonds. The van der Waals surface area contributed by atoms with E-state index < -0.39 is 11.7 Å². The molecule has 0 fully saturated rings. The van der Waals surface area contributed by atoms with Crippen molar-refractivity contribution < 1.29 is 14.3 Å². The molecule has 128 valence electrons. The van der Waals surface area contributed by atoms with Crippen LogP contribution in [0, 0.1) is 6.92 Å².